The van der Waals surface area contributed by atoms with Gasteiger partial charge in [-0.1, -0.05) is 18.6 Å². The van der Waals surface area contributed by atoms with Gasteiger partial charge in [0.25, 0.3) is 5.56 Å². The fourth-order valence-electron chi connectivity index (χ4n) is 4.90. The Labute approximate surface area is 208 Å². The van der Waals surface area contributed by atoms with Crippen molar-refractivity contribution < 1.29 is 18.7 Å². The number of rotatable bonds is 7. The average Bonchev–Trinajstić information content (AvgIpc) is 2.88. The van der Waals surface area contributed by atoms with E-state index in [9.17, 15) is 23.6 Å². The Balaban J connectivity index is 1.64. The van der Waals surface area contributed by atoms with E-state index >= 15 is 0 Å². The van der Waals surface area contributed by atoms with E-state index in [1.807, 2.05) is 4.90 Å². The number of ether oxygens (including phenoxy) is 1. The number of aromatic nitrogens is 2. The lowest BCUT2D eigenvalue weighted by molar-refractivity contribution is -0.142. The summed E-state index contributed by atoms with van der Waals surface area (Å²) in [5, 5.41) is 0. The Morgan fingerprint density at radius 1 is 1.06 bits per heavy atom. The summed E-state index contributed by atoms with van der Waals surface area (Å²) in [7, 11) is 0. The van der Waals surface area contributed by atoms with E-state index in [4.69, 9.17) is 10.5 Å². The van der Waals surface area contributed by atoms with E-state index in [0.717, 1.165) is 22.0 Å². The van der Waals surface area contributed by atoms with E-state index in [1.54, 1.807) is 11.8 Å². The molecule has 2 fully saturated rings. The molecule has 2 aliphatic heterocycles. The topological polar surface area (TPSA) is 120 Å². The minimum Gasteiger partial charge on any atom is -0.384 e. The van der Waals surface area contributed by atoms with Crippen molar-refractivity contribution in [1.82, 2.24) is 18.9 Å². The van der Waals surface area contributed by atoms with Crippen LogP contribution in [0.4, 0.5) is 10.2 Å². The van der Waals surface area contributed by atoms with Gasteiger partial charge in [-0.3, -0.25) is 28.4 Å². The van der Waals surface area contributed by atoms with Gasteiger partial charge in [0.05, 0.1) is 32.3 Å². The highest BCUT2D eigenvalue weighted by Crippen LogP contribution is 2.21. The molecule has 2 aliphatic rings. The third-order valence-electron chi connectivity index (χ3n) is 6.88. The second-order valence-electron chi connectivity index (χ2n) is 9.15. The highest BCUT2D eigenvalue weighted by atomic mass is 19.1. The number of likely N-dealkylation sites (tertiary alicyclic amines) is 1. The minimum absolute atomic E-state index is 0.0205. The molecular formula is C25H32FN5O5. The number of benzene rings is 1. The van der Waals surface area contributed by atoms with Gasteiger partial charge in [0.1, 0.15) is 17.2 Å². The van der Waals surface area contributed by atoms with Gasteiger partial charge in [0, 0.05) is 19.6 Å². The monoisotopic (exact) mass is 501 g/mol. The zero-order valence-corrected chi connectivity index (χ0v) is 20.5. The lowest BCUT2D eigenvalue weighted by Gasteiger charge is -2.38. The first-order valence-electron chi connectivity index (χ1n) is 12.3. The first kappa shape index (κ1) is 25.8. The fourth-order valence-corrected chi connectivity index (χ4v) is 4.90. The number of hydrogen-bond acceptors (Lipinski definition) is 7. The van der Waals surface area contributed by atoms with Crippen LogP contribution in [-0.2, 0) is 22.6 Å². The highest BCUT2D eigenvalue weighted by molar-refractivity contribution is 6.01. The third kappa shape index (κ3) is 5.26. The summed E-state index contributed by atoms with van der Waals surface area (Å²) in [6.07, 6.45) is 2.33. The molecule has 1 amide bonds. The Hall–Kier alpha value is -3.31. The second kappa shape index (κ2) is 11.2. The number of nitrogens with two attached hydrogens (primary N) is 1. The van der Waals surface area contributed by atoms with E-state index in [1.165, 1.54) is 24.3 Å². The lowest BCUT2D eigenvalue weighted by Crippen LogP contribution is -2.55. The summed E-state index contributed by atoms with van der Waals surface area (Å²) < 4.78 is 20.8. The van der Waals surface area contributed by atoms with Crippen molar-refractivity contribution in [1.29, 1.82) is 0 Å². The number of nitrogen functional groups attached to an aromatic ring is 1. The van der Waals surface area contributed by atoms with E-state index in [-0.39, 0.29) is 36.9 Å². The predicted octanol–water partition coefficient (Wildman–Crippen LogP) is 0.696. The van der Waals surface area contributed by atoms with Crippen molar-refractivity contribution in [3.63, 3.8) is 0 Å². The molecule has 194 valence electrons. The quantitative estimate of drug-likeness (QED) is 0.555. The van der Waals surface area contributed by atoms with Crippen LogP contribution in [0.15, 0.2) is 33.9 Å². The maximum atomic E-state index is 13.5. The molecule has 10 nitrogen and oxygen atoms in total. The van der Waals surface area contributed by atoms with Gasteiger partial charge < -0.3 is 15.4 Å². The number of carbonyl (C=O) groups excluding carboxylic acids is 2. The minimum atomic E-state index is -0.742. The number of ketones is 1. The van der Waals surface area contributed by atoms with Crippen molar-refractivity contribution in [2.45, 2.75) is 45.3 Å². The first-order chi connectivity index (χ1) is 17.3. The maximum absolute atomic E-state index is 13.5. The van der Waals surface area contributed by atoms with Gasteiger partial charge >= 0.3 is 5.69 Å². The number of morpholine rings is 1. The summed E-state index contributed by atoms with van der Waals surface area (Å²) in [5.41, 5.74) is 5.20. The van der Waals surface area contributed by atoms with Crippen LogP contribution >= 0.6 is 0 Å². The summed E-state index contributed by atoms with van der Waals surface area (Å²) in [6.45, 7) is 4.07. The van der Waals surface area contributed by atoms with Crippen LogP contribution in [0.3, 0.4) is 0 Å². The predicted molar refractivity (Wildman–Crippen MR) is 131 cm³/mol. The van der Waals surface area contributed by atoms with Crippen LogP contribution < -0.4 is 17.0 Å². The molecule has 36 heavy (non-hydrogen) atoms. The number of nitrogens with zero attached hydrogens (tertiary/aromatic N) is 4. The molecule has 3 heterocycles. The molecule has 2 aromatic rings. The molecule has 0 aliphatic carbocycles. The maximum Gasteiger partial charge on any atom is 0.332 e. The molecule has 2 saturated heterocycles. The molecule has 1 aromatic carbocycles. The Morgan fingerprint density at radius 3 is 2.42 bits per heavy atom. The number of piperidine rings is 1. The van der Waals surface area contributed by atoms with Crippen LogP contribution in [0.5, 0.6) is 0 Å². The number of amides is 1. The Bertz CT molecular complexity index is 1230. The number of anilines is 1. The van der Waals surface area contributed by atoms with Crippen molar-refractivity contribution in [2.24, 2.45) is 0 Å². The molecule has 0 spiro atoms. The number of halogens is 1. The summed E-state index contributed by atoms with van der Waals surface area (Å²) >= 11 is 0. The van der Waals surface area contributed by atoms with Crippen molar-refractivity contribution >= 4 is 17.5 Å². The summed E-state index contributed by atoms with van der Waals surface area (Å²) in [5.74, 6) is -1.21. The average molecular weight is 502 g/mol. The van der Waals surface area contributed by atoms with E-state index in [2.05, 4.69) is 0 Å². The van der Waals surface area contributed by atoms with Crippen LogP contribution in [0.1, 0.15) is 42.1 Å². The molecule has 0 saturated carbocycles. The van der Waals surface area contributed by atoms with Crippen LogP contribution in [-0.4, -0.2) is 76.1 Å². The van der Waals surface area contributed by atoms with Crippen LogP contribution in [0.25, 0.3) is 0 Å². The van der Waals surface area contributed by atoms with Gasteiger partial charge in [0.15, 0.2) is 5.78 Å². The molecule has 0 unspecified atom stereocenters. The molecular weight excluding hydrogens is 469 g/mol. The summed E-state index contributed by atoms with van der Waals surface area (Å²) in [4.78, 5) is 56.4. The van der Waals surface area contributed by atoms with Crippen LogP contribution in [0.2, 0.25) is 0 Å². The van der Waals surface area contributed by atoms with Crippen molar-refractivity contribution in [3.8, 4) is 0 Å². The van der Waals surface area contributed by atoms with E-state index < -0.39 is 28.9 Å². The molecule has 1 aromatic heterocycles. The molecule has 11 heteroatoms. The normalized spacial score (nSPS) is 18.8. The van der Waals surface area contributed by atoms with Gasteiger partial charge in [-0.05, 0) is 44.0 Å². The lowest BCUT2D eigenvalue weighted by atomic mass is 9.99. The first-order valence-corrected chi connectivity index (χ1v) is 12.3. The molecule has 1 atom stereocenters. The van der Waals surface area contributed by atoms with Gasteiger partial charge in [-0.25, -0.2) is 9.18 Å². The Kier molecular flexibility index (Phi) is 8.00. The third-order valence-corrected chi connectivity index (χ3v) is 6.88. The van der Waals surface area contributed by atoms with E-state index in [0.29, 0.717) is 44.8 Å². The van der Waals surface area contributed by atoms with Gasteiger partial charge in [-0.15, -0.1) is 0 Å². The standard InChI is InChI=1S/C25H32FN5O5/c1-2-30-24(34)21(22(27)31(25(30)35)15-17-6-8-18(26)9-7-17)20(32)16-29-10-4-3-5-19(29)23(33)28-11-13-36-14-12-28/h6-9,19H,2-5,10-16,27H2,1H3/t19-/m1/s1. The zero-order valence-electron chi connectivity index (χ0n) is 20.5. The number of hydrogen-bond donors (Lipinski definition) is 1. The number of carbonyl (C=O) groups is 2. The smallest absolute Gasteiger partial charge is 0.332 e. The Morgan fingerprint density at radius 2 is 1.75 bits per heavy atom. The molecule has 0 bridgehead atoms. The largest absolute Gasteiger partial charge is 0.384 e. The van der Waals surface area contributed by atoms with Gasteiger partial charge in [0.2, 0.25) is 5.91 Å². The van der Waals surface area contributed by atoms with Gasteiger partial charge in [-0.2, -0.15) is 0 Å². The van der Waals surface area contributed by atoms with Crippen LogP contribution in [0, 0.1) is 5.82 Å². The molecule has 0 radical (unpaired) electrons. The molecule has 4 rings (SSSR count). The zero-order chi connectivity index (χ0) is 25.8. The van der Waals surface area contributed by atoms with Crippen molar-refractivity contribution in [2.75, 3.05) is 45.1 Å². The second-order valence-corrected chi connectivity index (χ2v) is 9.15. The fraction of sp³-hybridized carbons (Fsp3) is 0.520. The summed E-state index contributed by atoms with van der Waals surface area (Å²) in [6, 6.07) is 5.10. The molecule has 2 N–H and O–H groups in total. The number of Topliss-reactive ketones (excluding diaryl/α,β-unsaturated/α-hetero) is 1. The van der Waals surface area contributed by atoms with Crippen molar-refractivity contribution in [3.05, 3.63) is 62.0 Å². The highest BCUT2D eigenvalue weighted by Gasteiger charge is 2.35. The SMILES string of the molecule is CCn1c(=O)c(C(=O)CN2CCCC[C@@H]2C(=O)N2CCOCC2)c(N)n(Cc2ccc(F)cc2)c1=O.